The molecule has 88 valence electrons. The Balaban J connectivity index is 2.22. The summed E-state index contributed by atoms with van der Waals surface area (Å²) in [6.07, 6.45) is 0. The fourth-order valence-corrected chi connectivity index (χ4v) is 1.35. The highest BCUT2D eigenvalue weighted by molar-refractivity contribution is 5.38. The van der Waals surface area contributed by atoms with Crippen LogP contribution in [0.1, 0.15) is 5.56 Å². The van der Waals surface area contributed by atoms with Crippen molar-refractivity contribution in [3.05, 3.63) is 47.8 Å². The van der Waals surface area contributed by atoms with Gasteiger partial charge in [-0.15, -0.1) is 0 Å². The second-order valence-corrected chi connectivity index (χ2v) is 3.52. The van der Waals surface area contributed by atoms with Crippen molar-refractivity contribution in [2.45, 2.75) is 6.92 Å². The minimum atomic E-state index is -0.261. The Morgan fingerprint density at radius 1 is 1.29 bits per heavy atom. The molecule has 0 fully saturated rings. The number of nitrogens with zero attached hydrogens (tertiary/aromatic N) is 1. The lowest BCUT2D eigenvalue weighted by atomic mass is 10.2. The van der Waals surface area contributed by atoms with E-state index in [-0.39, 0.29) is 5.82 Å². The Labute approximate surface area is 98.2 Å². The molecule has 0 atom stereocenters. The maximum atomic E-state index is 13.1. The maximum Gasteiger partial charge on any atom is 0.221 e. The number of nitrogens with one attached hydrogen (secondary N) is 1. The Bertz CT molecular complexity index is 531. The second-order valence-electron chi connectivity index (χ2n) is 3.52. The summed E-state index contributed by atoms with van der Waals surface area (Å²) in [6.45, 7) is 1.67. The number of hydrogen-bond donors (Lipinski definition) is 2. The van der Waals surface area contributed by atoms with Gasteiger partial charge in [0.05, 0.1) is 0 Å². The molecule has 0 radical (unpaired) electrons. The van der Waals surface area contributed by atoms with Gasteiger partial charge in [-0.2, -0.15) is 4.98 Å². The fraction of sp³-hybridized carbons (Fsp3) is 0.0833. The van der Waals surface area contributed by atoms with Gasteiger partial charge in [-0.25, -0.2) is 10.2 Å². The van der Waals surface area contributed by atoms with Crippen LogP contribution in [0.2, 0.25) is 0 Å². The summed E-state index contributed by atoms with van der Waals surface area (Å²) in [5.74, 6) is 6.41. The first kappa shape index (κ1) is 11.3. The molecule has 4 nitrogen and oxygen atoms in total. The minimum absolute atomic E-state index is 0.261. The summed E-state index contributed by atoms with van der Waals surface area (Å²) in [4.78, 5) is 4.09. The van der Waals surface area contributed by atoms with Gasteiger partial charge in [-0.3, -0.25) is 0 Å². The van der Waals surface area contributed by atoms with E-state index in [0.717, 1.165) is 0 Å². The van der Waals surface area contributed by atoms with Crippen LogP contribution >= 0.6 is 0 Å². The van der Waals surface area contributed by atoms with Crippen molar-refractivity contribution < 1.29 is 9.13 Å². The summed E-state index contributed by atoms with van der Waals surface area (Å²) in [5, 5.41) is 0. The lowest BCUT2D eigenvalue weighted by Gasteiger charge is -2.07. The van der Waals surface area contributed by atoms with Gasteiger partial charge in [0.1, 0.15) is 17.4 Å². The van der Waals surface area contributed by atoms with Gasteiger partial charge < -0.3 is 10.2 Å². The molecule has 0 amide bonds. The molecule has 17 heavy (non-hydrogen) atoms. The third-order valence-electron chi connectivity index (χ3n) is 2.22. The third kappa shape index (κ3) is 2.70. The molecular weight excluding hydrogens is 221 g/mol. The predicted molar refractivity (Wildman–Crippen MR) is 63.3 cm³/mol. The lowest BCUT2D eigenvalue weighted by molar-refractivity contribution is 0.461. The van der Waals surface area contributed by atoms with Crippen molar-refractivity contribution in [2.75, 3.05) is 5.43 Å². The first-order valence-electron chi connectivity index (χ1n) is 5.07. The van der Waals surface area contributed by atoms with E-state index in [2.05, 4.69) is 10.4 Å². The van der Waals surface area contributed by atoms with Crippen LogP contribution in [0.15, 0.2) is 36.4 Å². The van der Waals surface area contributed by atoms with E-state index in [1.54, 1.807) is 37.3 Å². The molecule has 0 bridgehead atoms. The minimum Gasteiger partial charge on any atom is -0.439 e. The van der Waals surface area contributed by atoms with E-state index in [9.17, 15) is 4.39 Å². The van der Waals surface area contributed by atoms with E-state index in [1.165, 1.54) is 6.07 Å². The molecule has 0 spiro atoms. The number of nitrogen functional groups attached to an aromatic ring is 1. The van der Waals surface area contributed by atoms with Crippen LogP contribution in [0.4, 0.5) is 10.2 Å². The van der Waals surface area contributed by atoms with E-state index in [1.807, 2.05) is 0 Å². The number of anilines is 1. The van der Waals surface area contributed by atoms with Gasteiger partial charge in [0.25, 0.3) is 0 Å². The van der Waals surface area contributed by atoms with E-state index in [0.29, 0.717) is 23.0 Å². The van der Waals surface area contributed by atoms with Crippen molar-refractivity contribution in [3.8, 4) is 11.6 Å². The van der Waals surface area contributed by atoms with Gasteiger partial charge >= 0.3 is 0 Å². The molecule has 0 saturated heterocycles. The number of benzene rings is 1. The van der Waals surface area contributed by atoms with Crippen molar-refractivity contribution >= 4 is 5.82 Å². The van der Waals surface area contributed by atoms with E-state index >= 15 is 0 Å². The number of halogens is 1. The summed E-state index contributed by atoms with van der Waals surface area (Å²) in [5.41, 5.74) is 2.95. The van der Waals surface area contributed by atoms with Crippen LogP contribution < -0.4 is 16.0 Å². The van der Waals surface area contributed by atoms with Crippen molar-refractivity contribution in [3.63, 3.8) is 0 Å². The number of nitrogens with two attached hydrogens (primary N) is 1. The third-order valence-corrected chi connectivity index (χ3v) is 2.22. The van der Waals surface area contributed by atoms with Gasteiger partial charge in [0.15, 0.2) is 0 Å². The molecule has 2 aromatic rings. The number of ether oxygens (including phenoxy) is 1. The van der Waals surface area contributed by atoms with Crippen LogP contribution in [0.3, 0.4) is 0 Å². The quantitative estimate of drug-likeness (QED) is 0.632. The smallest absolute Gasteiger partial charge is 0.221 e. The van der Waals surface area contributed by atoms with Crippen molar-refractivity contribution in [2.24, 2.45) is 5.84 Å². The summed E-state index contributed by atoms with van der Waals surface area (Å²) in [6, 6.07) is 9.68. The number of hydrogen-bond acceptors (Lipinski definition) is 4. The zero-order chi connectivity index (χ0) is 12.3. The standard InChI is InChI=1S/C12H12FN3O/c1-8-7-9(5-6-10(8)13)17-12-4-2-3-11(15-12)16-14/h2-7H,14H2,1H3,(H,15,16). The van der Waals surface area contributed by atoms with Gasteiger partial charge in [-0.05, 0) is 36.8 Å². The largest absolute Gasteiger partial charge is 0.439 e. The number of aromatic nitrogens is 1. The second kappa shape index (κ2) is 4.80. The first-order valence-corrected chi connectivity index (χ1v) is 5.07. The molecule has 1 aromatic carbocycles. The molecular formula is C12H12FN3O. The van der Waals surface area contributed by atoms with Gasteiger partial charge in [-0.1, -0.05) is 6.07 Å². The predicted octanol–water partition coefficient (Wildman–Crippen LogP) is 2.61. The SMILES string of the molecule is Cc1cc(Oc2cccc(NN)n2)ccc1F. The lowest BCUT2D eigenvalue weighted by Crippen LogP contribution is -2.08. The van der Waals surface area contributed by atoms with Crippen molar-refractivity contribution in [1.29, 1.82) is 0 Å². The van der Waals surface area contributed by atoms with Gasteiger partial charge in [0, 0.05) is 6.07 Å². The molecule has 1 heterocycles. The van der Waals surface area contributed by atoms with Gasteiger partial charge in [0.2, 0.25) is 5.88 Å². The van der Waals surface area contributed by atoms with E-state index in [4.69, 9.17) is 10.6 Å². The Hall–Kier alpha value is -2.14. The summed E-state index contributed by atoms with van der Waals surface area (Å²) in [7, 11) is 0. The normalized spacial score (nSPS) is 10.1. The molecule has 0 unspecified atom stereocenters. The van der Waals surface area contributed by atoms with E-state index < -0.39 is 0 Å². The highest BCUT2D eigenvalue weighted by atomic mass is 19.1. The zero-order valence-corrected chi connectivity index (χ0v) is 9.27. The molecule has 3 N–H and O–H groups in total. The summed E-state index contributed by atoms with van der Waals surface area (Å²) < 4.78 is 18.5. The highest BCUT2D eigenvalue weighted by Crippen LogP contribution is 2.22. The highest BCUT2D eigenvalue weighted by Gasteiger charge is 2.02. The zero-order valence-electron chi connectivity index (χ0n) is 9.27. The monoisotopic (exact) mass is 233 g/mol. The summed E-state index contributed by atoms with van der Waals surface area (Å²) >= 11 is 0. The number of hydrazine groups is 1. The molecule has 0 aliphatic carbocycles. The number of rotatable bonds is 3. The van der Waals surface area contributed by atoms with Crippen LogP contribution in [-0.4, -0.2) is 4.98 Å². The van der Waals surface area contributed by atoms with Crippen LogP contribution in [0.5, 0.6) is 11.6 Å². The first-order chi connectivity index (χ1) is 8.19. The maximum absolute atomic E-state index is 13.1. The Morgan fingerprint density at radius 2 is 2.12 bits per heavy atom. The molecule has 2 rings (SSSR count). The van der Waals surface area contributed by atoms with Crippen LogP contribution in [-0.2, 0) is 0 Å². The van der Waals surface area contributed by atoms with Crippen LogP contribution in [0, 0.1) is 12.7 Å². The molecule has 0 aliphatic rings. The fourth-order valence-electron chi connectivity index (χ4n) is 1.35. The van der Waals surface area contributed by atoms with Crippen LogP contribution in [0.25, 0.3) is 0 Å². The molecule has 0 saturated carbocycles. The molecule has 1 aromatic heterocycles. The Morgan fingerprint density at radius 3 is 2.82 bits per heavy atom. The number of pyridine rings is 1. The number of aryl methyl sites for hydroxylation is 1. The average molecular weight is 233 g/mol. The molecule has 5 heteroatoms. The average Bonchev–Trinajstić information content (AvgIpc) is 2.34. The topological polar surface area (TPSA) is 60.2 Å². The van der Waals surface area contributed by atoms with Crippen molar-refractivity contribution in [1.82, 2.24) is 4.98 Å². The molecule has 0 aliphatic heterocycles. The Kier molecular flexibility index (Phi) is 3.20.